The highest BCUT2D eigenvalue weighted by molar-refractivity contribution is 7.92. The molecule has 2 saturated heterocycles. The highest BCUT2D eigenvalue weighted by Crippen LogP contribution is 2.23. The van der Waals surface area contributed by atoms with E-state index >= 15 is 0 Å². The third-order valence-corrected chi connectivity index (χ3v) is 7.80. The van der Waals surface area contributed by atoms with Gasteiger partial charge in [-0.3, -0.25) is 14.7 Å². The molecule has 7 nitrogen and oxygen atoms in total. The number of carbonyl (C=O) groups excluding carboxylic acids is 1. The number of piperidine rings is 1. The number of benzene rings is 1. The average Bonchev–Trinajstić information content (AvgIpc) is 2.84. The monoisotopic (exact) mass is 454 g/mol. The standard InChI is InChI=1S/C24H30N4O3S/c29-24(27-17-15-26(16-18-27)20-22-6-11-25-12-7-22)23-8-13-28(14-9-23)32(30,31)19-10-21-4-2-1-3-5-21/h1-7,10-12,19,23H,8-9,13-18,20H2. The third-order valence-electron chi connectivity index (χ3n) is 6.23. The molecule has 0 unspecified atom stereocenters. The highest BCUT2D eigenvalue weighted by Gasteiger charge is 2.33. The maximum atomic E-state index is 13.0. The molecule has 3 heterocycles. The second-order valence-corrected chi connectivity index (χ2v) is 10.2. The Labute approximate surface area is 190 Å². The fourth-order valence-electron chi connectivity index (χ4n) is 4.30. The summed E-state index contributed by atoms with van der Waals surface area (Å²) in [6, 6.07) is 13.4. The molecule has 0 saturated carbocycles. The summed E-state index contributed by atoms with van der Waals surface area (Å²) < 4.78 is 26.8. The number of aromatic nitrogens is 1. The first-order valence-electron chi connectivity index (χ1n) is 11.1. The molecule has 0 N–H and O–H groups in total. The van der Waals surface area contributed by atoms with Crippen LogP contribution in [0, 0.1) is 5.92 Å². The third kappa shape index (κ3) is 5.82. The second-order valence-electron chi connectivity index (χ2n) is 8.39. The Morgan fingerprint density at radius 1 is 0.938 bits per heavy atom. The lowest BCUT2D eigenvalue weighted by Crippen LogP contribution is -2.51. The summed E-state index contributed by atoms with van der Waals surface area (Å²) >= 11 is 0. The van der Waals surface area contributed by atoms with Crippen molar-refractivity contribution in [1.82, 2.24) is 19.1 Å². The molecular weight excluding hydrogens is 424 g/mol. The van der Waals surface area contributed by atoms with Crippen LogP contribution in [-0.4, -0.2) is 72.7 Å². The number of pyridine rings is 1. The van der Waals surface area contributed by atoms with E-state index in [-0.39, 0.29) is 11.8 Å². The first-order chi connectivity index (χ1) is 15.5. The van der Waals surface area contributed by atoms with Crippen molar-refractivity contribution in [2.45, 2.75) is 19.4 Å². The lowest BCUT2D eigenvalue weighted by Gasteiger charge is -2.38. The van der Waals surface area contributed by atoms with Crippen molar-refractivity contribution in [3.8, 4) is 0 Å². The number of hydrogen-bond acceptors (Lipinski definition) is 5. The van der Waals surface area contributed by atoms with Gasteiger partial charge in [-0.05, 0) is 42.2 Å². The molecule has 2 fully saturated rings. The zero-order valence-corrected chi connectivity index (χ0v) is 19.0. The van der Waals surface area contributed by atoms with Crippen molar-refractivity contribution in [2.75, 3.05) is 39.3 Å². The van der Waals surface area contributed by atoms with Crippen molar-refractivity contribution in [2.24, 2.45) is 5.92 Å². The zero-order valence-electron chi connectivity index (χ0n) is 18.2. The van der Waals surface area contributed by atoms with Gasteiger partial charge in [-0.1, -0.05) is 30.3 Å². The summed E-state index contributed by atoms with van der Waals surface area (Å²) in [5, 5.41) is 1.27. The number of hydrogen-bond donors (Lipinski definition) is 0. The predicted molar refractivity (Wildman–Crippen MR) is 125 cm³/mol. The van der Waals surface area contributed by atoms with Gasteiger partial charge < -0.3 is 4.90 Å². The number of rotatable bonds is 6. The van der Waals surface area contributed by atoms with E-state index in [2.05, 4.69) is 9.88 Å². The number of amides is 1. The fourth-order valence-corrected chi connectivity index (χ4v) is 5.52. The summed E-state index contributed by atoms with van der Waals surface area (Å²) in [5.41, 5.74) is 2.08. The Morgan fingerprint density at radius 3 is 2.25 bits per heavy atom. The molecule has 4 rings (SSSR count). The van der Waals surface area contributed by atoms with Gasteiger partial charge in [0.05, 0.1) is 0 Å². The topological polar surface area (TPSA) is 73.8 Å². The largest absolute Gasteiger partial charge is 0.340 e. The van der Waals surface area contributed by atoms with Crippen LogP contribution < -0.4 is 0 Å². The van der Waals surface area contributed by atoms with Gasteiger partial charge in [-0.2, -0.15) is 4.31 Å². The highest BCUT2D eigenvalue weighted by atomic mass is 32.2. The van der Waals surface area contributed by atoms with Crippen LogP contribution in [0.4, 0.5) is 0 Å². The molecule has 0 atom stereocenters. The Balaban J connectivity index is 1.24. The Bertz CT molecular complexity index is 1010. The van der Waals surface area contributed by atoms with E-state index < -0.39 is 10.0 Å². The summed E-state index contributed by atoms with van der Waals surface area (Å²) in [6.45, 7) is 4.80. The first-order valence-corrected chi connectivity index (χ1v) is 12.6. The summed E-state index contributed by atoms with van der Waals surface area (Å²) in [7, 11) is -3.48. The normalized spacial score (nSPS) is 19.4. The first kappa shape index (κ1) is 22.6. The second kappa shape index (κ2) is 10.4. The number of nitrogens with zero attached hydrogens (tertiary/aromatic N) is 4. The molecule has 1 aromatic heterocycles. The van der Waals surface area contributed by atoms with Gasteiger partial charge >= 0.3 is 0 Å². The Kier molecular flexibility index (Phi) is 7.34. The fraction of sp³-hybridized carbons (Fsp3) is 0.417. The van der Waals surface area contributed by atoms with E-state index in [1.165, 1.54) is 15.3 Å². The molecule has 1 aromatic carbocycles. The van der Waals surface area contributed by atoms with Crippen LogP contribution in [0.1, 0.15) is 24.0 Å². The maximum absolute atomic E-state index is 13.0. The number of sulfonamides is 1. The zero-order chi connectivity index (χ0) is 22.4. The van der Waals surface area contributed by atoms with Crippen molar-refractivity contribution < 1.29 is 13.2 Å². The van der Waals surface area contributed by atoms with E-state index in [1.807, 2.05) is 47.4 Å². The minimum Gasteiger partial charge on any atom is -0.340 e. The molecule has 2 aromatic rings. The van der Waals surface area contributed by atoms with Crippen molar-refractivity contribution >= 4 is 22.0 Å². The molecule has 2 aliphatic rings. The van der Waals surface area contributed by atoms with E-state index in [0.29, 0.717) is 25.9 Å². The quantitative estimate of drug-likeness (QED) is 0.670. The molecule has 2 aliphatic heterocycles. The molecule has 0 spiro atoms. The van der Waals surface area contributed by atoms with Crippen molar-refractivity contribution in [3.63, 3.8) is 0 Å². The van der Waals surface area contributed by atoms with Gasteiger partial charge in [-0.25, -0.2) is 8.42 Å². The van der Waals surface area contributed by atoms with Crippen molar-refractivity contribution in [1.29, 1.82) is 0 Å². The van der Waals surface area contributed by atoms with Crippen LogP contribution >= 0.6 is 0 Å². The lowest BCUT2D eigenvalue weighted by molar-refractivity contribution is -0.138. The van der Waals surface area contributed by atoms with E-state index in [9.17, 15) is 13.2 Å². The Hall–Kier alpha value is -2.55. The van der Waals surface area contributed by atoms with Crippen LogP contribution in [0.25, 0.3) is 6.08 Å². The van der Waals surface area contributed by atoms with Crippen LogP contribution in [0.15, 0.2) is 60.3 Å². The van der Waals surface area contributed by atoms with Crippen LogP contribution in [0.3, 0.4) is 0 Å². The minimum atomic E-state index is -3.48. The molecule has 0 bridgehead atoms. The molecule has 8 heteroatoms. The lowest BCUT2D eigenvalue weighted by atomic mass is 9.96. The number of carbonyl (C=O) groups is 1. The predicted octanol–water partition coefficient (Wildman–Crippen LogP) is 2.44. The van der Waals surface area contributed by atoms with E-state index in [0.717, 1.165) is 38.3 Å². The summed E-state index contributed by atoms with van der Waals surface area (Å²) in [4.78, 5) is 21.4. The molecule has 0 aliphatic carbocycles. The van der Waals surface area contributed by atoms with E-state index in [1.54, 1.807) is 18.5 Å². The van der Waals surface area contributed by atoms with Crippen LogP contribution in [0.2, 0.25) is 0 Å². The summed E-state index contributed by atoms with van der Waals surface area (Å²) in [6.07, 6.45) is 6.39. The maximum Gasteiger partial charge on any atom is 0.236 e. The smallest absolute Gasteiger partial charge is 0.236 e. The van der Waals surface area contributed by atoms with Gasteiger partial charge in [0.25, 0.3) is 0 Å². The minimum absolute atomic E-state index is 0.0914. The molecule has 32 heavy (non-hydrogen) atoms. The van der Waals surface area contributed by atoms with Gasteiger partial charge in [0.2, 0.25) is 15.9 Å². The summed E-state index contributed by atoms with van der Waals surface area (Å²) in [5.74, 6) is 0.0803. The SMILES string of the molecule is O=C(C1CCN(S(=O)(=O)C=Cc2ccccc2)CC1)N1CCN(Cc2ccncc2)CC1. The molecule has 170 valence electrons. The molecular formula is C24H30N4O3S. The van der Waals surface area contributed by atoms with Crippen molar-refractivity contribution in [3.05, 3.63) is 71.4 Å². The molecule has 1 amide bonds. The number of piperazine rings is 1. The van der Waals surface area contributed by atoms with E-state index in [4.69, 9.17) is 0 Å². The van der Waals surface area contributed by atoms with Crippen LogP contribution in [-0.2, 0) is 21.4 Å². The van der Waals surface area contributed by atoms with Crippen LogP contribution in [0.5, 0.6) is 0 Å². The van der Waals surface area contributed by atoms with Gasteiger partial charge in [0.1, 0.15) is 0 Å². The average molecular weight is 455 g/mol. The van der Waals surface area contributed by atoms with Gasteiger partial charge in [0, 0.05) is 69.5 Å². The Morgan fingerprint density at radius 2 is 1.59 bits per heavy atom. The molecule has 0 radical (unpaired) electrons. The van der Waals surface area contributed by atoms with Gasteiger partial charge in [-0.15, -0.1) is 0 Å². The van der Waals surface area contributed by atoms with Gasteiger partial charge in [0.15, 0.2) is 0 Å².